The fourth-order valence-electron chi connectivity index (χ4n) is 3.28. The highest BCUT2D eigenvalue weighted by atomic mass is 15.2. The minimum atomic E-state index is 0.239. The molecule has 0 amide bonds. The Kier molecular flexibility index (Phi) is 4.87. The van der Waals surface area contributed by atoms with Crippen LogP contribution in [0.5, 0.6) is 0 Å². The Bertz CT molecular complexity index is 412. The number of hydrogen-bond donors (Lipinski definition) is 1. The molecule has 0 bridgehead atoms. The third-order valence-corrected chi connectivity index (χ3v) is 4.23. The molecular weight excluding hydrogens is 232 g/mol. The zero-order valence-corrected chi connectivity index (χ0v) is 12.7. The molecule has 1 aliphatic heterocycles. The van der Waals surface area contributed by atoms with Gasteiger partial charge in [-0.05, 0) is 63.1 Å². The summed E-state index contributed by atoms with van der Waals surface area (Å²) in [7, 11) is 0. The Morgan fingerprint density at radius 2 is 2.16 bits per heavy atom. The van der Waals surface area contributed by atoms with Crippen LogP contribution in [0.4, 0.5) is 5.69 Å². The van der Waals surface area contributed by atoms with Gasteiger partial charge < -0.3 is 10.6 Å². The lowest BCUT2D eigenvalue weighted by Crippen LogP contribution is -2.39. The minimum absolute atomic E-state index is 0.239. The Hall–Kier alpha value is -1.02. The van der Waals surface area contributed by atoms with Gasteiger partial charge in [0.1, 0.15) is 0 Å². The van der Waals surface area contributed by atoms with Gasteiger partial charge in [0, 0.05) is 24.3 Å². The van der Waals surface area contributed by atoms with Gasteiger partial charge in [-0.1, -0.05) is 19.1 Å². The number of nitrogens with zero attached hydrogens (tertiary/aromatic N) is 1. The van der Waals surface area contributed by atoms with Gasteiger partial charge in [0.15, 0.2) is 0 Å². The first-order valence-corrected chi connectivity index (χ1v) is 7.73. The first-order chi connectivity index (χ1) is 9.11. The largest absolute Gasteiger partial charge is 0.368 e. The molecule has 2 atom stereocenters. The zero-order chi connectivity index (χ0) is 13.8. The number of hydrogen-bond acceptors (Lipinski definition) is 2. The van der Waals surface area contributed by atoms with Crippen molar-refractivity contribution >= 4 is 5.69 Å². The van der Waals surface area contributed by atoms with Crippen LogP contribution in [0.25, 0.3) is 0 Å². The maximum Gasteiger partial charge on any atom is 0.0398 e. The molecule has 0 radical (unpaired) electrons. The molecule has 2 nitrogen and oxygen atoms in total. The summed E-state index contributed by atoms with van der Waals surface area (Å²) in [6.45, 7) is 7.83. The lowest BCUT2D eigenvalue weighted by Gasteiger charge is -2.38. The molecule has 2 unspecified atom stereocenters. The van der Waals surface area contributed by atoms with Crippen LogP contribution in [0.15, 0.2) is 18.2 Å². The summed E-state index contributed by atoms with van der Waals surface area (Å²) in [5.41, 5.74) is 10.1. The monoisotopic (exact) mass is 260 g/mol. The molecule has 19 heavy (non-hydrogen) atoms. The van der Waals surface area contributed by atoms with Crippen LogP contribution in [-0.4, -0.2) is 18.6 Å². The highest BCUT2D eigenvalue weighted by Gasteiger charge is 2.22. The van der Waals surface area contributed by atoms with Crippen LogP contribution < -0.4 is 10.6 Å². The highest BCUT2D eigenvalue weighted by Crippen LogP contribution is 2.29. The predicted molar refractivity (Wildman–Crippen MR) is 83.8 cm³/mol. The number of anilines is 1. The Labute approximate surface area is 118 Å². The second-order valence-electron chi connectivity index (χ2n) is 6.05. The molecule has 1 aliphatic rings. The smallest absolute Gasteiger partial charge is 0.0398 e. The van der Waals surface area contributed by atoms with E-state index in [1.165, 1.54) is 49.0 Å². The minimum Gasteiger partial charge on any atom is -0.368 e. The van der Waals surface area contributed by atoms with Gasteiger partial charge in [-0.2, -0.15) is 0 Å². The number of rotatable bonds is 4. The lowest BCUT2D eigenvalue weighted by molar-refractivity contribution is 0.449. The highest BCUT2D eigenvalue weighted by molar-refractivity contribution is 5.55. The van der Waals surface area contributed by atoms with Crippen molar-refractivity contribution < 1.29 is 0 Å². The molecule has 1 aromatic carbocycles. The van der Waals surface area contributed by atoms with Crippen molar-refractivity contribution in [3.63, 3.8) is 0 Å². The average molecular weight is 260 g/mol. The summed E-state index contributed by atoms with van der Waals surface area (Å²) in [6.07, 6.45) is 6.28. The summed E-state index contributed by atoms with van der Waals surface area (Å²) in [5.74, 6) is 0. The van der Waals surface area contributed by atoms with E-state index in [1.54, 1.807) is 0 Å². The zero-order valence-electron chi connectivity index (χ0n) is 12.7. The van der Waals surface area contributed by atoms with E-state index < -0.39 is 0 Å². The number of benzene rings is 1. The predicted octanol–water partition coefficient (Wildman–Crippen LogP) is 3.65. The van der Waals surface area contributed by atoms with E-state index in [-0.39, 0.29) is 6.04 Å². The van der Waals surface area contributed by atoms with Crippen molar-refractivity contribution in [1.82, 2.24) is 0 Å². The molecule has 1 saturated heterocycles. The summed E-state index contributed by atoms with van der Waals surface area (Å²) in [5, 5.41) is 0. The molecule has 1 heterocycles. The first kappa shape index (κ1) is 14.4. The number of piperidine rings is 1. The quantitative estimate of drug-likeness (QED) is 0.895. The van der Waals surface area contributed by atoms with Crippen molar-refractivity contribution in [2.75, 3.05) is 11.4 Å². The van der Waals surface area contributed by atoms with Gasteiger partial charge in [0.2, 0.25) is 0 Å². The van der Waals surface area contributed by atoms with Gasteiger partial charge in [-0.25, -0.2) is 0 Å². The van der Waals surface area contributed by atoms with E-state index >= 15 is 0 Å². The third-order valence-electron chi connectivity index (χ3n) is 4.23. The van der Waals surface area contributed by atoms with E-state index in [2.05, 4.69) is 43.9 Å². The van der Waals surface area contributed by atoms with Crippen LogP contribution in [-0.2, 0) is 6.42 Å². The van der Waals surface area contributed by atoms with Gasteiger partial charge >= 0.3 is 0 Å². The van der Waals surface area contributed by atoms with Crippen molar-refractivity contribution in [3.05, 3.63) is 29.3 Å². The van der Waals surface area contributed by atoms with E-state index in [0.29, 0.717) is 0 Å². The Morgan fingerprint density at radius 1 is 1.37 bits per heavy atom. The lowest BCUT2D eigenvalue weighted by atomic mass is 9.97. The molecule has 2 N–H and O–H groups in total. The molecule has 1 fully saturated rings. The molecule has 0 saturated carbocycles. The fourth-order valence-corrected chi connectivity index (χ4v) is 3.28. The van der Waals surface area contributed by atoms with Crippen LogP contribution >= 0.6 is 0 Å². The van der Waals surface area contributed by atoms with Crippen LogP contribution in [0, 0.1) is 6.92 Å². The van der Waals surface area contributed by atoms with E-state index in [4.69, 9.17) is 5.73 Å². The van der Waals surface area contributed by atoms with Crippen molar-refractivity contribution in [3.8, 4) is 0 Å². The maximum atomic E-state index is 5.89. The molecule has 2 heteroatoms. The van der Waals surface area contributed by atoms with E-state index in [9.17, 15) is 0 Å². The first-order valence-electron chi connectivity index (χ1n) is 7.73. The van der Waals surface area contributed by atoms with E-state index in [0.717, 1.165) is 12.5 Å². The fraction of sp³-hybridized carbons (Fsp3) is 0.647. The normalized spacial score (nSPS) is 21.5. The Balaban J connectivity index is 2.19. The molecule has 2 rings (SSSR count). The second kappa shape index (κ2) is 6.42. The number of aryl methyl sites for hydroxylation is 1. The molecule has 0 aliphatic carbocycles. The molecule has 0 aromatic heterocycles. The average Bonchev–Trinajstić information content (AvgIpc) is 2.38. The Morgan fingerprint density at radius 3 is 2.79 bits per heavy atom. The third kappa shape index (κ3) is 3.50. The van der Waals surface area contributed by atoms with Gasteiger partial charge in [0.25, 0.3) is 0 Å². The van der Waals surface area contributed by atoms with Crippen molar-refractivity contribution in [1.29, 1.82) is 0 Å². The van der Waals surface area contributed by atoms with Crippen LogP contribution in [0.2, 0.25) is 0 Å². The van der Waals surface area contributed by atoms with E-state index in [1.807, 2.05) is 0 Å². The van der Waals surface area contributed by atoms with Gasteiger partial charge in [-0.3, -0.25) is 0 Å². The SMILES string of the molecule is CCC1CCCCN1c1ccc(CC(C)N)cc1C. The van der Waals surface area contributed by atoms with Gasteiger partial charge in [-0.15, -0.1) is 0 Å². The van der Waals surface area contributed by atoms with Crippen molar-refractivity contribution in [2.24, 2.45) is 5.73 Å². The van der Waals surface area contributed by atoms with Crippen LogP contribution in [0.3, 0.4) is 0 Å². The van der Waals surface area contributed by atoms with Gasteiger partial charge in [0.05, 0.1) is 0 Å². The second-order valence-corrected chi connectivity index (χ2v) is 6.05. The standard InChI is InChI=1S/C17H28N2/c1-4-16-7-5-6-10-19(16)17-9-8-15(11-13(17)2)12-14(3)18/h8-9,11,14,16H,4-7,10,12,18H2,1-3H3. The van der Waals surface area contributed by atoms with Crippen LogP contribution in [0.1, 0.15) is 50.7 Å². The summed E-state index contributed by atoms with van der Waals surface area (Å²) in [4.78, 5) is 2.62. The summed E-state index contributed by atoms with van der Waals surface area (Å²) >= 11 is 0. The molecule has 0 spiro atoms. The molecule has 106 valence electrons. The topological polar surface area (TPSA) is 29.3 Å². The summed E-state index contributed by atoms with van der Waals surface area (Å²) < 4.78 is 0. The molecular formula is C17H28N2. The molecule has 1 aromatic rings. The summed E-state index contributed by atoms with van der Waals surface area (Å²) in [6, 6.07) is 7.85. The van der Waals surface area contributed by atoms with Crippen molar-refractivity contribution in [2.45, 2.75) is 65.0 Å². The maximum absolute atomic E-state index is 5.89. The number of nitrogens with two attached hydrogens (primary N) is 1.